The summed E-state index contributed by atoms with van der Waals surface area (Å²) in [5.74, 6) is 0.933. The fourth-order valence-corrected chi connectivity index (χ4v) is 2.62. The first-order valence-corrected chi connectivity index (χ1v) is 8.15. The molecule has 2 unspecified atom stereocenters. The highest BCUT2D eigenvalue weighted by atomic mass is 16.5. The van der Waals surface area contributed by atoms with Gasteiger partial charge in [-0.2, -0.15) is 0 Å². The van der Waals surface area contributed by atoms with Crippen LogP contribution in [-0.4, -0.2) is 32.6 Å². The Labute approximate surface area is 143 Å². The van der Waals surface area contributed by atoms with Gasteiger partial charge in [-0.1, -0.05) is 42.5 Å². The maximum absolute atomic E-state index is 12.3. The van der Waals surface area contributed by atoms with Crippen LogP contribution in [-0.2, 0) is 4.74 Å². The van der Waals surface area contributed by atoms with Crippen LogP contribution in [0.3, 0.4) is 0 Å². The zero-order valence-corrected chi connectivity index (χ0v) is 14.5. The summed E-state index contributed by atoms with van der Waals surface area (Å²) in [4.78, 5) is 12.3. The monoisotopic (exact) mass is 327 g/mol. The Morgan fingerprint density at radius 2 is 1.71 bits per heavy atom. The molecule has 0 aromatic heterocycles. The van der Waals surface area contributed by atoms with Gasteiger partial charge in [0.1, 0.15) is 5.75 Å². The summed E-state index contributed by atoms with van der Waals surface area (Å²) in [7, 11) is 3.35. The molecular weight excluding hydrogens is 302 g/mol. The van der Waals surface area contributed by atoms with Crippen LogP contribution in [0.1, 0.15) is 35.4 Å². The minimum absolute atomic E-state index is 0.0116. The number of ketones is 1. The lowest BCUT2D eigenvalue weighted by atomic mass is 10.0. The van der Waals surface area contributed by atoms with Crippen molar-refractivity contribution in [2.45, 2.75) is 25.5 Å². The zero-order chi connectivity index (χ0) is 17.4. The van der Waals surface area contributed by atoms with E-state index in [1.165, 1.54) is 0 Å². The third-order valence-electron chi connectivity index (χ3n) is 4.08. The van der Waals surface area contributed by atoms with Crippen molar-refractivity contribution < 1.29 is 14.3 Å². The maximum Gasteiger partial charge on any atom is 0.179 e. The lowest BCUT2D eigenvalue weighted by Gasteiger charge is -2.18. The van der Waals surface area contributed by atoms with E-state index in [9.17, 15) is 4.79 Å². The highest BCUT2D eigenvalue weighted by Gasteiger charge is 2.16. The molecule has 0 radical (unpaired) electrons. The van der Waals surface area contributed by atoms with Crippen LogP contribution in [0.2, 0.25) is 0 Å². The lowest BCUT2D eigenvalue weighted by molar-refractivity contribution is 0.0894. The Kier molecular flexibility index (Phi) is 6.97. The van der Waals surface area contributed by atoms with E-state index in [-0.39, 0.29) is 17.9 Å². The quantitative estimate of drug-likeness (QED) is 0.715. The van der Waals surface area contributed by atoms with Gasteiger partial charge in [0, 0.05) is 12.7 Å². The van der Waals surface area contributed by atoms with Gasteiger partial charge in [-0.3, -0.25) is 4.79 Å². The molecule has 0 saturated heterocycles. The molecule has 0 aliphatic heterocycles. The first kappa shape index (κ1) is 18.2. The number of carbonyl (C=O) groups is 1. The van der Waals surface area contributed by atoms with Crippen molar-refractivity contribution in [1.82, 2.24) is 5.32 Å². The molecule has 1 N–H and O–H groups in total. The summed E-state index contributed by atoms with van der Waals surface area (Å²) >= 11 is 0. The molecule has 2 rings (SSSR count). The molecule has 0 fully saturated rings. The standard InChI is InChI=1S/C20H25NO3/c1-15(20(22)17-7-5-4-6-8-17)21-14-13-19(24-3)16-9-11-18(23-2)12-10-16/h4-12,15,19,21H,13-14H2,1-3H3. The summed E-state index contributed by atoms with van der Waals surface area (Å²) < 4.78 is 10.7. The molecule has 4 heteroatoms. The Balaban J connectivity index is 1.85. The summed E-state index contributed by atoms with van der Waals surface area (Å²) in [6.07, 6.45) is 0.775. The van der Waals surface area contributed by atoms with E-state index in [1.54, 1.807) is 14.2 Å². The molecule has 0 aliphatic carbocycles. The average molecular weight is 327 g/mol. The maximum atomic E-state index is 12.3. The first-order chi connectivity index (χ1) is 11.7. The van der Waals surface area contributed by atoms with Gasteiger partial charge in [-0.05, 0) is 37.6 Å². The number of benzene rings is 2. The summed E-state index contributed by atoms with van der Waals surface area (Å²) in [5, 5.41) is 3.28. The SMILES string of the molecule is COc1ccc(C(CCNC(C)C(=O)c2ccccc2)OC)cc1. The average Bonchev–Trinajstić information content (AvgIpc) is 2.65. The van der Waals surface area contributed by atoms with E-state index in [4.69, 9.17) is 9.47 Å². The molecule has 0 aliphatic rings. The molecule has 24 heavy (non-hydrogen) atoms. The molecule has 2 atom stereocenters. The second kappa shape index (κ2) is 9.21. The van der Waals surface area contributed by atoms with Crippen molar-refractivity contribution in [3.8, 4) is 5.75 Å². The summed E-state index contributed by atoms with van der Waals surface area (Å²) in [6, 6.07) is 17.0. The van der Waals surface area contributed by atoms with Crippen molar-refractivity contribution in [1.29, 1.82) is 0 Å². The van der Waals surface area contributed by atoms with Gasteiger partial charge in [-0.15, -0.1) is 0 Å². The summed E-state index contributed by atoms with van der Waals surface area (Å²) in [5.41, 5.74) is 1.83. The van der Waals surface area contributed by atoms with Gasteiger partial charge in [0.25, 0.3) is 0 Å². The van der Waals surface area contributed by atoms with Crippen molar-refractivity contribution in [2.75, 3.05) is 20.8 Å². The normalized spacial score (nSPS) is 13.3. The fraction of sp³-hybridized carbons (Fsp3) is 0.350. The van der Waals surface area contributed by atoms with Gasteiger partial charge in [0.15, 0.2) is 5.78 Å². The molecule has 0 heterocycles. The molecule has 2 aromatic rings. The van der Waals surface area contributed by atoms with E-state index in [0.717, 1.165) is 23.3 Å². The number of ether oxygens (including phenoxy) is 2. The number of nitrogens with one attached hydrogen (secondary N) is 1. The van der Waals surface area contributed by atoms with E-state index in [0.29, 0.717) is 6.54 Å². The Bertz CT molecular complexity index is 625. The van der Waals surface area contributed by atoms with Crippen LogP contribution in [0.25, 0.3) is 0 Å². The Morgan fingerprint density at radius 1 is 1.04 bits per heavy atom. The Morgan fingerprint density at radius 3 is 2.29 bits per heavy atom. The molecule has 0 spiro atoms. The van der Waals surface area contributed by atoms with Crippen LogP contribution in [0, 0.1) is 0 Å². The van der Waals surface area contributed by atoms with Crippen molar-refractivity contribution in [3.63, 3.8) is 0 Å². The third kappa shape index (κ3) is 4.91. The second-order valence-corrected chi connectivity index (χ2v) is 5.69. The smallest absolute Gasteiger partial charge is 0.179 e. The van der Waals surface area contributed by atoms with E-state index in [1.807, 2.05) is 61.5 Å². The molecule has 0 saturated carbocycles. The first-order valence-electron chi connectivity index (χ1n) is 8.15. The zero-order valence-electron chi connectivity index (χ0n) is 14.5. The molecule has 128 valence electrons. The number of hydrogen-bond acceptors (Lipinski definition) is 4. The van der Waals surface area contributed by atoms with Gasteiger partial charge in [0.05, 0.1) is 19.3 Å². The molecule has 2 aromatic carbocycles. The van der Waals surface area contributed by atoms with Crippen LogP contribution >= 0.6 is 0 Å². The van der Waals surface area contributed by atoms with Crippen LogP contribution in [0.5, 0.6) is 5.75 Å². The van der Waals surface area contributed by atoms with Gasteiger partial charge in [0.2, 0.25) is 0 Å². The van der Waals surface area contributed by atoms with Crippen molar-refractivity contribution >= 4 is 5.78 Å². The number of rotatable bonds is 9. The molecule has 4 nitrogen and oxygen atoms in total. The van der Waals surface area contributed by atoms with E-state index >= 15 is 0 Å². The van der Waals surface area contributed by atoms with E-state index in [2.05, 4.69) is 5.32 Å². The molecule has 0 amide bonds. The topological polar surface area (TPSA) is 47.6 Å². The minimum atomic E-state index is -0.222. The van der Waals surface area contributed by atoms with Gasteiger partial charge in [-0.25, -0.2) is 0 Å². The highest BCUT2D eigenvalue weighted by molar-refractivity contribution is 5.99. The number of methoxy groups -OCH3 is 2. The Hall–Kier alpha value is -2.17. The third-order valence-corrected chi connectivity index (χ3v) is 4.08. The number of hydrogen-bond donors (Lipinski definition) is 1. The van der Waals surface area contributed by atoms with Crippen LogP contribution < -0.4 is 10.1 Å². The van der Waals surface area contributed by atoms with Crippen LogP contribution in [0.4, 0.5) is 0 Å². The summed E-state index contributed by atoms with van der Waals surface area (Å²) in [6.45, 7) is 2.59. The minimum Gasteiger partial charge on any atom is -0.497 e. The van der Waals surface area contributed by atoms with Gasteiger partial charge >= 0.3 is 0 Å². The lowest BCUT2D eigenvalue weighted by Crippen LogP contribution is -2.35. The fourth-order valence-electron chi connectivity index (χ4n) is 2.62. The number of carbonyl (C=O) groups excluding carboxylic acids is 1. The van der Waals surface area contributed by atoms with Crippen molar-refractivity contribution in [3.05, 3.63) is 65.7 Å². The van der Waals surface area contributed by atoms with E-state index < -0.39 is 0 Å². The molecule has 0 bridgehead atoms. The highest BCUT2D eigenvalue weighted by Crippen LogP contribution is 2.22. The largest absolute Gasteiger partial charge is 0.497 e. The van der Waals surface area contributed by atoms with Gasteiger partial charge < -0.3 is 14.8 Å². The number of Topliss-reactive ketones (excluding diaryl/α,β-unsaturated/α-hetero) is 1. The predicted octanol–water partition coefficient (Wildman–Crippen LogP) is 3.63. The molecular formula is C20H25NO3. The van der Waals surface area contributed by atoms with Crippen LogP contribution in [0.15, 0.2) is 54.6 Å². The predicted molar refractivity (Wildman–Crippen MR) is 95.6 cm³/mol. The second-order valence-electron chi connectivity index (χ2n) is 5.69. The van der Waals surface area contributed by atoms with Crippen molar-refractivity contribution in [2.24, 2.45) is 0 Å².